The maximum absolute atomic E-state index is 12.8. The summed E-state index contributed by atoms with van der Waals surface area (Å²) >= 11 is 0. The van der Waals surface area contributed by atoms with E-state index < -0.39 is 0 Å². The summed E-state index contributed by atoms with van der Waals surface area (Å²) in [5.74, 6) is -0.598. The topological polar surface area (TPSA) is 59.0 Å². The third kappa shape index (κ3) is 2.30. The minimum Gasteiger partial charge on any atom is -0.321 e. The minimum atomic E-state index is -0.331. The molecule has 0 saturated carbocycles. The van der Waals surface area contributed by atoms with Crippen molar-refractivity contribution in [2.24, 2.45) is 7.05 Å². The fourth-order valence-electron chi connectivity index (χ4n) is 2.43. The van der Waals surface area contributed by atoms with E-state index in [1.165, 1.54) is 24.3 Å². The van der Waals surface area contributed by atoms with Crippen LogP contribution in [0.5, 0.6) is 0 Å². The SMILES string of the molecule is Cn1nc(C(=O)Nc2ccc(F)cc2)c2c1CCNC2. The lowest BCUT2D eigenvalue weighted by Gasteiger charge is -2.14. The van der Waals surface area contributed by atoms with Crippen molar-refractivity contribution in [3.63, 3.8) is 0 Å². The molecule has 0 aliphatic carbocycles. The van der Waals surface area contributed by atoms with Crippen LogP contribution in [-0.4, -0.2) is 22.2 Å². The van der Waals surface area contributed by atoms with Gasteiger partial charge in [0.2, 0.25) is 0 Å². The van der Waals surface area contributed by atoms with E-state index in [1.54, 1.807) is 4.68 Å². The molecule has 2 N–H and O–H groups in total. The average molecular weight is 274 g/mol. The molecule has 0 unspecified atom stereocenters. The molecule has 104 valence electrons. The first kappa shape index (κ1) is 12.8. The zero-order valence-corrected chi connectivity index (χ0v) is 11.1. The second-order valence-corrected chi connectivity index (χ2v) is 4.79. The lowest BCUT2D eigenvalue weighted by molar-refractivity contribution is 0.102. The Morgan fingerprint density at radius 3 is 2.90 bits per heavy atom. The Morgan fingerprint density at radius 2 is 2.15 bits per heavy atom. The Bertz CT molecular complexity index is 648. The molecule has 2 heterocycles. The van der Waals surface area contributed by atoms with Crippen molar-refractivity contribution in [1.29, 1.82) is 0 Å². The maximum Gasteiger partial charge on any atom is 0.276 e. The van der Waals surface area contributed by atoms with E-state index in [2.05, 4.69) is 15.7 Å². The number of nitrogens with one attached hydrogen (secondary N) is 2. The van der Waals surface area contributed by atoms with Crippen LogP contribution in [0, 0.1) is 5.82 Å². The number of amides is 1. The first-order valence-electron chi connectivity index (χ1n) is 6.47. The Labute approximate surface area is 115 Å². The molecule has 1 aliphatic heterocycles. The normalized spacial score (nSPS) is 13.9. The van der Waals surface area contributed by atoms with Crippen LogP contribution in [0.25, 0.3) is 0 Å². The van der Waals surface area contributed by atoms with E-state index in [0.717, 1.165) is 24.2 Å². The molecule has 6 heteroatoms. The molecule has 5 nitrogen and oxygen atoms in total. The molecule has 1 aliphatic rings. The smallest absolute Gasteiger partial charge is 0.276 e. The molecule has 1 aromatic heterocycles. The molecule has 0 fully saturated rings. The van der Waals surface area contributed by atoms with Crippen LogP contribution in [0.2, 0.25) is 0 Å². The van der Waals surface area contributed by atoms with Crippen LogP contribution < -0.4 is 10.6 Å². The molecular formula is C14H15FN4O. The number of aryl methyl sites for hydroxylation is 1. The van der Waals surface area contributed by atoms with Crippen molar-refractivity contribution in [2.75, 3.05) is 11.9 Å². The summed E-state index contributed by atoms with van der Waals surface area (Å²) in [4.78, 5) is 12.3. The molecule has 1 amide bonds. The van der Waals surface area contributed by atoms with Gasteiger partial charge in [0.1, 0.15) is 5.82 Å². The van der Waals surface area contributed by atoms with E-state index in [0.29, 0.717) is 17.9 Å². The predicted molar refractivity (Wildman–Crippen MR) is 73.0 cm³/mol. The Hall–Kier alpha value is -2.21. The molecule has 2 aromatic rings. The number of hydrogen-bond acceptors (Lipinski definition) is 3. The van der Waals surface area contributed by atoms with Crippen molar-refractivity contribution in [1.82, 2.24) is 15.1 Å². The number of carbonyl (C=O) groups is 1. The van der Waals surface area contributed by atoms with Crippen molar-refractivity contribution in [3.05, 3.63) is 47.0 Å². The van der Waals surface area contributed by atoms with Gasteiger partial charge in [-0.15, -0.1) is 0 Å². The standard InChI is InChI=1S/C14H15FN4O/c1-19-12-6-7-16-8-11(12)13(18-19)14(20)17-10-4-2-9(15)3-5-10/h2-5,16H,6-8H2,1H3,(H,17,20). The third-order valence-electron chi connectivity index (χ3n) is 3.43. The molecule has 0 bridgehead atoms. The van der Waals surface area contributed by atoms with Gasteiger partial charge in [0.05, 0.1) is 0 Å². The molecule has 1 aromatic carbocycles. The quantitative estimate of drug-likeness (QED) is 0.871. The highest BCUT2D eigenvalue weighted by Crippen LogP contribution is 2.19. The number of rotatable bonds is 2. The van der Waals surface area contributed by atoms with Gasteiger partial charge in [-0.3, -0.25) is 9.48 Å². The second-order valence-electron chi connectivity index (χ2n) is 4.79. The Morgan fingerprint density at radius 1 is 1.40 bits per heavy atom. The van der Waals surface area contributed by atoms with Crippen molar-refractivity contribution < 1.29 is 9.18 Å². The van der Waals surface area contributed by atoms with Gasteiger partial charge in [-0.05, 0) is 24.3 Å². The van der Waals surface area contributed by atoms with Crippen molar-refractivity contribution in [3.8, 4) is 0 Å². The highest BCUT2D eigenvalue weighted by Gasteiger charge is 2.23. The molecule has 20 heavy (non-hydrogen) atoms. The van der Waals surface area contributed by atoms with Gasteiger partial charge in [-0.1, -0.05) is 0 Å². The molecule has 0 saturated heterocycles. The average Bonchev–Trinajstić information content (AvgIpc) is 2.79. The lowest BCUT2D eigenvalue weighted by atomic mass is 10.1. The molecule has 0 atom stereocenters. The summed E-state index contributed by atoms with van der Waals surface area (Å²) in [5, 5.41) is 10.3. The predicted octanol–water partition coefficient (Wildman–Crippen LogP) is 1.46. The summed E-state index contributed by atoms with van der Waals surface area (Å²) < 4.78 is 14.6. The van der Waals surface area contributed by atoms with Gasteiger partial charge < -0.3 is 10.6 Å². The number of aromatic nitrogens is 2. The number of hydrogen-bond donors (Lipinski definition) is 2. The number of halogens is 1. The minimum absolute atomic E-state index is 0.267. The van der Waals surface area contributed by atoms with Gasteiger partial charge >= 0.3 is 0 Å². The summed E-state index contributed by atoms with van der Waals surface area (Å²) in [5.41, 5.74) is 3.02. The summed E-state index contributed by atoms with van der Waals surface area (Å²) in [6.45, 7) is 1.54. The van der Waals surface area contributed by atoms with Crippen LogP contribution in [0.4, 0.5) is 10.1 Å². The maximum atomic E-state index is 12.8. The van der Waals surface area contributed by atoms with Gasteiger partial charge in [0.25, 0.3) is 5.91 Å². The molecule has 3 rings (SSSR count). The van der Waals surface area contributed by atoms with Crippen LogP contribution in [-0.2, 0) is 20.0 Å². The van der Waals surface area contributed by atoms with E-state index >= 15 is 0 Å². The van der Waals surface area contributed by atoms with Crippen LogP contribution in [0.3, 0.4) is 0 Å². The number of benzene rings is 1. The summed E-state index contributed by atoms with van der Waals surface area (Å²) in [7, 11) is 1.85. The number of nitrogens with zero attached hydrogens (tertiary/aromatic N) is 2. The van der Waals surface area contributed by atoms with Gasteiger partial charge in [0, 0.05) is 43.5 Å². The molecular weight excluding hydrogens is 259 g/mol. The number of fused-ring (bicyclic) bond motifs is 1. The fourth-order valence-corrected chi connectivity index (χ4v) is 2.43. The van der Waals surface area contributed by atoms with E-state index in [1.807, 2.05) is 7.05 Å². The zero-order chi connectivity index (χ0) is 14.1. The van der Waals surface area contributed by atoms with Crippen molar-refractivity contribution in [2.45, 2.75) is 13.0 Å². The van der Waals surface area contributed by atoms with Crippen molar-refractivity contribution >= 4 is 11.6 Å². The van der Waals surface area contributed by atoms with E-state index in [9.17, 15) is 9.18 Å². The first-order valence-corrected chi connectivity index (χ1v) is 6.47. The molecule has 0 spiro atoms. The summed E-state index contributed by atoms with van der Waals surface area (Å²) in [6, 6.07) is 5.68. The first-order chi connectivity index (χ1) is 9.65. The highest BCUT2D eigenvalue weighted by atomic mass is 19.1. The Balaban J connectivity index is 1.86. The second kappa shape index (κ2) is 5.05. The van der Waals surface area contributed by atoms with E-state index in [4.69, 9.17) is 0 Å². The third-order valence-corrected chi connectivity index (χ3v) is 3.43. The zero-order valence-electron chi connectivity index (χ0n) is 11.1. The van der Waals surface area contributed by atoms with Crippen LogP contribution >= 0.6 is 0 Å². The van der Waals surface area contributed by atoms with Gasteiger partial charge in [0.15, 0.2) is 5.69 Å². The van der Waals surface area contributed by atoms with Gasteiger partial charge in [-0.2, -0.15) is 5.10 Å². The van der Waals surface area contributed by atoms with Gasteiger partial charge in [-0.25, -0.2) is 4.39 Å². The largest absolute Gasteiger partial charge is 0.321 e. The number of carbonyl (C=O) groups excluding carboxylic acids is 1. The van der Waals surface area contributed by atoms with Crippen LogP contribution in [0.15, 0.2) is 24.3 Å². The lowest BCUT2D eigenvalue weighted by Crippen LogP contribution is -2.26. The Kier molecular flexibility index (Phi) is 3.23. The summed E-state index contributed by atoms with van der Waals surface area (Å²) in [6.07, 6.45) is 0.864. The molecule has 0 radical (unpaired) electrons. The van der Waals surface area contributed by atoms with E-state index in [-0.39, 0.29) is 11.7 Å². The fraction of sp³-hybridized carbons (Fsp3) is 0.286. The number of anilines is 1. The highest BCUT2D eigenvalue weighted by molar-refractivity contribution is 6.04. The van der Waals surface area contributed by atoms with Crippen LogP contribution in [0.1, 0.15) is 21.7 Å². The monoisotopic (exact) mass is 274 g/mol.